The summed E-state index contributed by atoms with van der Waals surface area (Å²) >= 11 is 0. The lowest BCUT2D eigenvalue weighted by Crippen LogP contribution is -2.34. The molecule has 15 heavy (non-hydrogen) atoms. The molecule has 1 aromatic heterocycles. The van der Waals surface area contributed by atoms with Crippen LogP contribution < -0.4 is 11.1 Å². The van der Waals surface area contributed by atoms with Crippen LogP contribution in [0.25, 0.3) is 0 Å². The highest BCUT2D eigenvalue weighted by Crippen LogP contribution is 2.32. The van der Waals surface area contributed by atoms with Crippen molar-refractivity contribution in [2.24, 2.45) is 5.92 Å². The molecule has 80 valence electrons. The first-order valence-corrected chi connectivity index (χ1v) is 5.19. The van der Waals surface area contributed by atoms with Gasteiger partial charge in [-0.15, -0.1) is 0 Å². The zero-order valence-electron chi connectivity index (χ0n) is 8.73. The van der Waals surface area contributed by atoms with E-state index in [1.54, 1.807) is 12.1 Å². The van der Waals surface area contributed by atoms with Gasteiger partial charge >= 0.3 is 0 Å². The van der Waals surface area contributed by atoms with Gasteiger partial charge in [-0.1, -0.05) is 0 Å². The third-order valence-electron chi connectivity index (χ3n) is 2.74. The third-order valence-corrected chi connectivity index (χ3v) is 2.74. The molecule has 1 amide bonds. The number of amides is 1. The van der Waals surface area contributed by atoms with Gasteiger partial charge in [0.1, 0.15) is 5.82 Å². The SMILES string of the molecule is CC(NC(=O)c1ccc(N)nc1)C1CC1. The first-order chi connectivity index (χ1) is 7.16. The number of carbonyl (C=O) groups excluding carboxylic acids is 1. The minimum Gasteiger partial charge on any atom is -0.384 e. The van der Waals surface area contributed by atoms with Gasteiger partial charge in [-0.05, 0) is 37.8 Å². The quantitative estimate of drug-likeness (QED) is 0.778. The van der Waals surface area contributed by atoms with Gasteiger partial charge < -0.3 is 11.1 Å². The number of nitrogens with zero attached hydrogens (tertiary/aromatic N) is 1. The second-order valence-electron chi connectivity index (χ2n) is 4.07. The van der Waals surface area contributed by atoms with Crippen LogP contribution in [0.2, 0.25) is 0 Å². The summed E-state index contributed by atoms with van der Waals surface area (Å²) in [5.74, 6) is 1.03. The van der Waals surface area contributed by atoms with Crippen molar-refractivity contribution in [3.8, 4) is 0 Å². The predicted molar refractivity (Wildman–Crippen MR) is 58.3 cm³/mol. The normalized spacial score (nSPS) is 17.1. The smallest absolute Gasteiger partial charge is 0.253 e. The highest BCUT2D eigenvalue weighted by Gasteiger charge is 2.29. The van der Waals surface area contributed by atoms with Crippen LogP contribution in [0.5, 0.6) is 0 Å². The molecule has 1 unspecified atom stereocenters. The van der Waals surface area contributed by atoms with E-state index in [1.807, 2.05) is 6.92 Å². The van der Waals surface area contributed by atoms with Crippen molar-refractivity contribution < 1.29 is 4.79 Å². The Bertz CT molecular complexity index is 357. The van der Waals surface area contributed by atoms with E-state index in [-0.39, 0.29) is 11.9 Å². The summed E-state index contributed by atoms with van der Waals surface area (Å²) in [5.41, 5.74) is 6.01. The van der Waals surface area contributed by atoms with E-state index < -0.39 is 0 Å². The van der Waals surface area contributed by atoms with Crippen LogP contribution in [0, 0.1) is 5.92 Å². The molecule has 1 heterocycles. The van der Waals surface area contributed by atoms with E-state index in [4.69, 9.17) is 5.73 Å². The van der Waals surface area contributed by atoms with Crippen molar-refractivity contribution in [3.63, 3.8) is 0 Å². The Hall–Kier alpha value is -1.58. The van der Waals surface area contributed by atoms with Crippen LogP contribution in [0.15, 0.2) is 18.3 Å². The van der Waals surface area contributed by atoms with Crippen molar-refractivity contribution in [1.82, 2.24) is 10.3 Å². The van der Waals surface area contributed by atoms with Crippen LogP contribution in [0.1, 0.15) is 30.1 Å². The highest BCUT2D eigenvalue weighted by molar-refractivity contribution is 5.94. The van der Waals surface area contributed by atoms with Crippen LogP contribution >= 0.6 is 0 Å². The fourth-order valence-corrected chi connectivity index (χ4v) is 1.54. The molecular weight excluding hydrogens is 190 g/mol. The molecule has 1 aliphatic carbocycles. The maximum atomic E-state index is 11.7. The summed E-state index contributed by atoms with van der Waals surface area (Å²) in [6, 6.07) is 3.59. The largest absolute Gasteiger partial charge is 0.384 e. The minimum absolute atomic E-state index is 0.0677. The predicted octanol–water partition coefficient (Wildman–Crippen LogP) is 1.19. The maximum absolute atomic E-state index is 11.7. The van der Waals surface area contributed by atoms with Gasteiger partial charge in [-0.2, -0.15) is 0 Å². The summed E-state index contributed by atoms with van der Waals surface area (Å²) in [6.07, 6.45) is 3.95. The third kappa shape index (κ3) is 2.46. The number of nitrogen functional groups attached to an aromatic ring is 1. The van der Waals surface area contributed by atoms with Gasteiger partial charge in [0.25, 0.3) is 5.91 Å². The molecule has 0 radical (unpaired) electrons. The number of nitrogens with two attached hydrogens (primary N) is 1. The molecule has 1 atom stereocenters. The zero-order valence-corrected chi connectivity index (χ0v) is 8.73. The van der Waals surface area contributed by atoms with Crippen molar-refractivity contribution in [2.45, 2.75) is 25.8 Å². The second kappa shape index (κ2) is 3.88. The van der Waals surface area contributed by atoms with Gasteiger partial charge in [-0.3, -0.25) is 4.79 Å². The van der Waals surface area contributed by atoms with Crippen LogP contribution in [0.4, 0.5) is 5.82 Å². The number of hydrogen-bond donors (Lipinski definition) is 2. The number of pyridine rings is 1. The summed E-state index contributed by atoms with van der Waals surface area (Å²) < 4.78 is 0. The van der Waals surface area contributed by atoms with Crippen molar-refractivity contribution in [3.05, 3.63) is 23.9 Å². The van der Waals surface area contributed by atoms with Gasteiger partial charge in [0.2, 0.25) is 0 Å². The van der Waals surface area contributed by atoms with Gasteiger partial charge in [0, 0.05) is 12.2 Å². The van der Waals surface area contributed by atoms with Gasteiger partial charge in [0.15, 0.2) is 0 Å². The molecule has 1 saturated carbocycles. The number of nitrogens with one attached hydrogen (secondary N) is 1. The molecule has 4 nitrogen and oxygen atoms in total. The standard InChI is InChI=1S/C11H15N3O/c1-7(8-2-3-8)14-11(15)9-4-5-10(12)13-6-9/h4-8H,2-3H2,1H3,(H2,12,13)(H,14,15). The monoisotopic (exact) mass is 205 g/mol. The summed E-state index contributed by atoms with van der Waals surface area (Å²) in [4.78, 5) is 15.6. The van der Waals surface area contributed by atoms with Gasteiger partial charge in [0.05, 0.1) is 5.56 Å². The molecule has 1 aromatic rings. The Morgan fingerprint density at radius 2 is 2.33 bits per heavy atom. The Labute approximate surface area is 88.9 Å². The van der Waals surface area contributed by atoms with Crippen LogP contribution in [-0.2, 0) is 0 Å². The Morgan fingerprint density at radius 3 is 2.87 bits per heavy atom. The lowest BCUT2D eigenvalue weighted by molar-refractivity contribution is 0.0935. The highest BCUT2D eigenvalue weighted by atomic mass is 16.1. The number of anilines is 1. The first-order valence-electron chi connectivity index (χ1n) is 5.19. The minimum atomic E-state index is -0.0677. The van der Waals surface area contributed by atoms with Crippen LogP contribution in [-0.4, -0.2) is 16.9 Å². The Kier molecular flexibility index (Phi) is 2.58. The number of aromatic nitrogens is 1. The number of hydrogen-bond acceptors (Lipinski definition) is 3. The fourth-order valence-electron chi connectivity index (χ4n) is 1.54. The fraction of sp³-hybridized carbons (Fsp3) is 0.455. The first kappa shape index (κ1) is 9.96. The average Bonchev–Trinajstić information content (AvgIpc) is 3.01. The number of rotatable bonds is 3. The Morgan fingerprint density at radius 1 is 1.60 bits per heavy atom. The Balaban J connectivity index is 1.97. The van der Waals surface area contributed by atoms with Crippen molar-refractivity contribution in [1.29, 1.82) is 0 Å². The molecule has 3 N–H and O–H groups in total. The lowest BCUT2D eigenvalue weighted by atomic mass is 10.2. The molecule has 4 heteroatoms. The summed E-state index contributed by atoms with van der Waals surface area (Å²) in [7, 11) is 0. The molecule has 2 rings (SSSR count). The van der Waals surface area contributed by atoms with Crippen LogP contribution in [0.3, 0.4) is 0 Å². The van der Waals surface area contributed by atoms with E-state index in [1.165, 1.54) is 19.0 Å². The topological polar surface area (TPSA) is 68.0 Å². The molecule has 0 aromatic carbocycles. The van der Waals surface area contributed by atoms with E-state index in [9.17, 15) is 4.79 Å². The second-order valence-corrected chi connectivity index (χ2v) is 4.07. The number of carbonyl (C=O) groups is 1. The molecule has 0 spiro atoms. The van der Waals surface area contributed by atoms with Crippen molar-refractivity contribution >= 4 is 11.7 Å². The average molecular weight is 205 g/mol. The maximum Gasteiger partial charge on any atom is 0.253 e. The van der Waals surface area contributed by atoms with Gasteiger partial charge in [-0.25, -0.2) is 4.98 Å². The van der Waals surface area contributed by atoms with E-state index in [0.717, 1.165) is 0 Å². The van der Waals surface area contributed by atoms with E-state index in [0.29, 0.717) is 17.3 Å². The molecular formula is C11H15N3O. The molecule has 0 bridgehead atoms. The molecule has 1 aliphatic rings. The molecule has 0 aliphatic heterocycles. The van der Waals surface area contributed by atoms with Crippen molar-refractivity contribution in [2.75, 3.05) is 5.73 Å². The molecule has 0 saturated heterocycles. The lowest BCUT2D eigenvalue weighted by Gasteiger charge is -2.12. The zero-order chi connectivity index (χ0) is 10.8. The van der Waals surface area contributed by atoms with E-state index >= 15 is 0 Å². The summed E-state index contributed by atoms with van der Waals surface area (Å²) in [6.45, 7) is 2.04. The summed E-state index contributed by atoms with van der Waals surface area (Å²) in [5, 5.41) is 2.96. The molecule has 1 fully saturated rings. The van der Waals surface area contributed by atoms with E-state index in [2.05, 4.69) is 10.3 Å².